The highest BCUT2D eigenvalue weighted by Crippen LogP contribution is 2.25. The molecule has 25 heavy (non-hydrogen) atoms. The molecule has 2 heterocycles. The van der Waals surface area contributed by atoms with Crippen LogP contribution in [0, 0.1) is 6.92 Å². The minimum atomic E-state index is -0.360. The lowest BCUT2D eigenvalue weighted by atomic mass is 10.1. The molecule has 0 amide bonds. The van der Waals surface area contributed by atoms with Crippen LogP contribution < -0.4 is 10.9 Å². The molecule has 1 aromatic carbocycles. The van der Waals surface area contributed by atoms with Crippen molar-refractivity contribution in [1.82, 2.24) is 10.2 Å². The Balaban J connectivity index is 1.81. The molecule has 0 aliphatic rings. The fourth-order valence-electron chi connectivity index (χ4n) is 2.86. The van der Waals surface area contributed by atoms with Crippen molar-refractivity contribution in [1.29, 1.82) is 0 Å². The summed E-state index contributed by atoms with van der Waals surface area (Å²) in [5.41, 5.74) is 1.95. The van der Waals surface area contributed by atoms with E-state index in [0.717, 1.165) is 22.3 Å². The first-order chi connectivity index (χ1) is 12.0. The van der Waals surface area contributed by atoms with E-state index in [9.17, 15) is 4.79 Å². The van der Waals surface area contributed by atoms with Gasteiger partial charge in [0.05, 0.1) is 12.3 Å². The number of hydrogen-bond acceptors (Lipinski definition) is 5. The summed E-state index contributed by atoms with van der Waals surface area (Å²) in [5, 5.41) is 4.91. The van der Waals surface area contributed by atoms with E-state index in [0.29, 0.717) is 23.7 Å². The number of likely N-dealkylation sites (N-methyl/N-ethyl adjacent to an activating group) is 1. The number of aryl methyl sites for hydroxylation is 1. The highest BCUT2D eigenvalue weighted by atomic mass is 35.5. The summed E-state index contributed by atoms with van der Waals surface area (Å²) in [5.74, 6) is 0.897. The van der Waals surface area contributed by atoms with Gasteiger partial charge in [0.25, 0.3) is 0 Å². The van der Waals surface area contributed by atoms with E-state index in [4.69, 9.17) is 20.4 Å². The number of benzene rings is 1. The topological polar surface area (TPSA) is 58.6 Å². The largest absolute Gasteiger partial charge is 0.468 e. The molecule has 0 unspecified atom stereocenters. The molecule has 3 aromatic rings. The van der Waals surface area contributed by atoms with Gasteiger partial charge in [0, 0.05) is 29.6 Å². The summed E-state index contributed by atoms with van der Waals surface area (Å²) in [7, 11) is 4.01. The molecule has 0 saturated heterocycles. The van der Waals surface area contributed by atoms with E-state index in [1.165, 1.54) is 6.07 Å². The average molecular weight is 361 g/mol. The molecule has 0 fully saturated rings. The highest BCUT2D eigenvalue weighted by molar-refractivity contribution is 6.32. The monoisotopic (exact) mass is 360 g/mol. The van der Waals surface area contributed by atoms with Gasteiger partial charge in [-0.15, -0.1) is 0 Å². The van der Waals surface area contributed by atoms with E-state index in [2.05, 4.69) is 10.2 Å². The quantitative estimate of drug-likeness (QED) is 0.678. The van der Waals surface area contributed by atoms with Crippen LogP contribution in [0.25, 0.3) is 11.0 Å². The average Bonchev–Trinajstić information content (AvgIpc) is 3.06. The number of nitrogens with zero attached hydrogens (tertiary/aromatic N) is 1. The SMILES string of the molecule is Cc1cc2oc(=O)cc(CNC[C@@H](c3ccco3)N(C)C)c2cc1Cl. The standard InChI is InChI=1S/C19H21ClN2O3/c1-12-7-18-14(9-15(12)20)13(8-19(23)25-18)10-21-11-16(22(2)3)17-5-4-6-24-17/h4-9,16,21H,10-11H2,1-3H3/t16-/m0/s1. The van der Waals surface area contributed by atoms with Crippen LogP contribution >= 0.6 is 11.6 Å². The molecule has 0 spiro atoms. The fraction of sp³-hybridized carbons (Fsp3) is 0.316. The Labute approximate surface area is 151 Å². The zero-order chi connectivity index (χ0) is 18.0. The highest BCUT2D eigenvalue weighted by Gasteiger charge is 2.17. The Kier molecular flexibility index (Phi) is 5.27. The third kappa shape index (κ3) is 3.95. The van der Waals surface area contributed by atoms with E-state index >= 15 is 0 Å². The smallest absolute Gasteiger partial charge is 0.336 e. The minimum Gasteiger partial charge on any atom is -0.468 e. The van der Waals surface area contributed by atoms with E-state index in [1.54, 1.807) is 12.3 Å². The number of rotatable bonds is 6. The van der Waals surface area contributed by atoms with Crippen LogP contribution in [0.15, 0.2) is 50.2 Å². The van der Waals surface area contributed by atoms with Crippen molar-refractivity contribution < 1.29 is 8.83 Å². The van der Waals surface area contributed by atoms with Gasteiger partial charge in [0.15, 0.2) is 0 Å². The summed E-state index contributed by atoms with van der Waals surface area (Å²) >= 11 is 6.23. The van der Waals surface area contributed by atoms with Gasteiger partial charge in [0.2, 0.25) is 0 Å². The summed E-state index contributed by atoms with van der Waals surface area (Å²) in [4.78, 5) is 13.9. The Morgan fingerprint density at radius 2 is 2.08 bits per heavy atom. The van der Waals surface area contributed by atoms with Crippen LogP contribution in [0.2, 0.25) is 5.02 Å². The molecule has 1 N–H and O–H groups in total. The van der Waals surface area contributed by atoms with Crippen LogP contribution in [0.4, 0.5) is 0 Å². The minimum absolute atomic E-state index is 0.104. The lowest BCUT2D eigenvalue weighted by Gasteiger charge is -2.22. The van der Waals surface area contributed by atoms with Gasteiger partial charge in [0.1, 0.15) is 11.3 Å². The Morgan fingerprint density at radius 3 is 2.76 bits per heavy atom. The third-order valence-electron chi connectivity index (χ3n) is 4.26. The second-order valence-corrected chi connectivity index (χ2v) is 6.72. The first-order valence-electron chi connectivity index (χ1n) is 8.09. The second kappa shape index (κ2) is 7.44. The zero-order valence-corrected chi connectivity index (χ0v) is 15.3. The molecule has 1 atom stereocenters. The van der Waals surface area contributed by atoms with Crippen LogP contribution in [0.5, 0.6) is 0 Å². The first-order valence-corrected chi connectivity index (χ1v) is 8.47. The van der Waals surface area contributed by atoms with Crippen molar-refractivity contribution in [2.24, 2.45) is 0 Å². The predicted octanol–water partition coefficient (Wildman–Crippen LogP) is 3.74. The maximum atomic E-state index is 11.8. The molecule has 0 bridgehead atoms. The van der Waals surface area contributed by atoms with Crippen molar-refractivity contribution in [3.8, 4) is 0 Å². The van der Waals surface area contributed by atoms with Gasteiger partial charge >= 0.3 is 5.63 Å². The van der Waals surface area contributed by atoms with Gasteiger partial charge in [-0.2, -0.15) is 0 Å². The Hall–Kier alpha value is -2.08. The molecule has 0 radical (unpaired) electrons. The van der Waals surface area contributed by atoms with Crippen LogP contribution in [0.3, 0.4) is 0 Å². The van der Waals surface area contributed by atoms with Gasteiger partial charge in [-0.3, -0.25) is 4.90 Å². The van der Waals surface area contributed by atoms with Gasteiger partial charge in [-0.05, 0) is 56.4 Å². The molecular weight excluding hydrogens is 340 g/mol. The molecule has 3 rings (SSSR count). The lowest BCUT2D eigenvalue weighted by molar-refractivity contribution is 0.250. The second-order valence-electron chi connectivity index (χ2n) is 6.31. The summed E-state index contributed by atoms with van der Waals surface area (Å²) in [6, 6.07) is 9.11. The maximum Gasteiger partial charge on any atom is 0.336 e. The molecule has 2 aromatic heterocycles. The van der Waals surface area contributed by atoms with Crippen molar-refractivity contribution >= 4 is 22.6 Å². The summed E-state index contributed by atoms with van der Waals surface area (Å²) < 4.78 is 10.8. The fourth-order valence-corrected chi connectivity index (χ4v) is 3.02. The molecule has 5 nitrogen and oxygen atoms in total. The first kappa shape index (κ1) is 17.7. The lowest BCUT2D eigenvalue weighted by Crippen LogP contribution is -2.30. The van der Waals surface area contributed by atoms with Gasteiger partial charge < -0.3 is 14.2 Å². The van der Waals surface area contributed by atoms with E-state index < -0.39 is 0 Å². The van der Waals surface area contributed by atoms with E-state index in [1.807, 2.05) is 39.2 Å². The third-order valence-corrected chi connectivity index (χ3v) is 4.66. The molecular formula is C19H21ClN2O3. The molecule has 0 aliphatic heterocycles. The van der Waals surface area contributed by atoms with E-state index in [-0.39, 0.29) is 11.7 Å². The van der Waals surface area contributed by atoms with Crippen LogP contribution in [-0.2, 0) is 6.54 Å². The number of hydrogen-bond donors (Lipinski definition) is 1. The van der Waals surface area contributed by atoms with Gasteiger partial charge in [-0.25, -0.2) is 4.79 Å². The summed E-state index contributed by atoms with van der Waals surface area (Å²) in [6.45, 7) is 3.10. The molecule has 6 heteroatoms. The molecule has 132 valence electrons. The Morgan fingerprint density at radius 1 is 1.28 bits per heavy atom. The number of fused-ring (bicyclic) bond motifs is 1. The van der Waals surface area contributed by atoms with Crippen molar-refractivity contribution in [2.75, 3.05) is 20.6 Å². The van der Waals surface area contributed by atoms with Crippen molar-refractivity contribution in [3.63, 3.8) is 0 Å². The zero-order valence-electron chi connectivity index (χ0n) is 14.5. The number of nitrogens with one attached hydrogen (secondary N) is 1. The normalized spacial score (nSPS) is 12.8. The van der Waals surface area contributed by atoms with Crippen molar-refractivity contribution in [3.05, 3.63) is 68.9 Å². The summed E-state index contributed by atoms with van der Waals surface area (Å²) in [6.07, 6.45) is 1.67. The van der Waals surface area contributed by atoms with Crippen LogP contribution in [0.1, 0.15) is 22.9 Å². The maximum absolute atomic E-state index is 11.8. The Bertz CT molecular complexity index is 916. The van der Waals surface area contributed by atoms with Gasteiger partial charge in [-0.1, -0.05) is 11.6 Å². The van der Waals surface area contributed by atoms with Crippen molar-refractivity contribution in [2.45, 2.75) is 19.5 Å². The predicted molar refractivity (Wildman–Crippen MR) is 99.1 cm³/mol. The number of furan rings is 1. The van der Waals surface area contributed by atoms with Crippen LogP contribution in [-0.4, -0.2) is 25.5 Å². The molecule has 0 saturated carbocycles. The molecule has 0 aliphatic carbocycles. The number of halogens is 1.